The molecule has 352 valence electrons. The molecule has 0 aromatic heterocycles. The molecule has 0 bridgehead atoms. The monoisotopic (exact) mass is 882 g/mol. The second-order valence-electron chi connectivity index (χ2n) is 15.7. The number of carboxylic acids is 1. The Hall–Kier alpha value is -2.86. The van der Waals surface area contributed by atoms with E-state index in [0.717, 1.165) is 25.7 Å². The highest BCUT2D eigenvalue weighted by Crippen LogP contribution is 2.43. The number of rotatable bonds is 43. The number of unbranched alkanes of at least 4 members (excludes halogenated alkanes) is 19. The average Bonchev–Trinajstić information content (AvgIpc) is 3.23. The van der Waals surface area contributed by atoms with Crippen LogP contribution in [-0.4, -0.2) is 71.1 Å². The van der Waals surface area contributed by atoms with E-state index in [2.05, 4.69) is 36.6 Å². The number of aliphatic hydroxyl groups is 1. The highest BCUT2D eigenvalue weighted by molar-refractivity contribution is 7.47. The highest BCUT2D eigenvalue weighted by Gasteiger charge is 2.28. The molecule has 1 unspecified atom stereocenters. The van der Waals surface area contributed by atoms with Gasteiger partial charge in [-0.05, 0) is 70.6 Å². The highest BCUT2D eigenvalue weighted by atomic mass is 31.2. The first-order chi connectivity index (χ1) is 29.5. The molecule has 0 aliphatic heterocycles. The number of hydrogen-bond acceptors (Lipinski definition) is 10. The first-order valence-electron chi connectivity index (χ1n) is 23.4. The number of allylic oxidation sites excluding steroid dienone is 8. The van der Waals surface area contributed by atoms with Crippen LogP contribution in [0.4, 0.5) is 0 Å². The number of carboxylic acid groups (broad SMARTS) is 1. The van der Waals surface area contributed by atoms with Crippen LogP contribution in [0.25, 0.3) is 0 Å². The van der Waals surface area contributed by atoms with Crippen molar-refractivity contribution in [1.29, 1.82) is 0 Å². The smallest absolute Gasteiger partial charge is 0.472 e. The summed E-state index contributed by atoms with van der Waals surface area (Å²) in [7, 11) is -4.75. The summed E-state index contributed by atoms with van der Waals surface area (Å²) < 4.78 is 32.7. The molecule has 0 aliphatic carbocycles. The Morgan fingerprint density at radius 1 is 0.590 bits per heavy atom. The Morgan fingerprint density at radius 3 is 1.72 bits per heavy atom. The van der Waals surface area contributed by atoms with Crippen molar-refractivity contribution in [3.8, 4) is 0 Å². The first-order valence-corrected chi connectivity index (χ1v) is 24.9. The summed E-state index contributed by atoms with van der Waals surface area (Å²) in [5, 5.41) is 19.0. The fourth-order valence-corrected chi connectivity index (χ4v) is 6.85. The number of hydrogen-bond donors (Lipinski definition) is 4. The molecule has 0 heterocycles. The van der Waals surface area contributed by atoms with Gasteiger partial charge in [0.25, 0.3) is 0 Å². The second-order valence-corrected chi connectivity index (χ2v) is 17.2. The van der Waals surface area contributed by atoms with E-state index in [9.17, 15) is 28.9 Å². The number of aliphatic carboxylic acids is 1. The zero-order valence-corrected chi connectivity index (χ0v) is 38.7. The van der Waals surface area contributed by atoms with E-state index in [0.29, 0.717) is 32.1 Å². The van der Waals surface area contributed by atoms with Gasteiger partial charge in [0.15, 0.2) is 6.10 Å². The molecule has 4 atom stereocenters. The molecule has 0 rings (SSSR count). The maximum atomic E-state index is 12.6. The third kappa shape index (κ3) is 42.2. The molecule has 0 aromatic rings. The molecule has 0 amide bonds. The molecular weight excluding hydrogens is 797 g/mol. The fourth-order valence-electron chi connectivity index (χ4n) is 6.07. The predicted octanol–water partition coefficient (Wildman–Crippen LogP) is 11.7. The number of phosphoric acid groups is 1. The number of esters is 2. The summed E-state index contributed by atoms with van der Waals surface area (Å²) in [4.78, 5) is 46.0. The molecular formula is C48H84NO11P. The van der Waals surface area contributed by atoms with Gasteiger partial charge in [0.1, 0.15) is 12.6 Å². The van der Waals surface area contributed by atoms with Gasteiger partial charge >= 0.3 is 25.7 Å². The number of aliphatic hydroxyl groups excluding tert-OH is 1. The summed E-state index contributed by atoms with van der Waals surface area (Å²) in [5.74, 6) is -2.51. The second kappa shape index (κ2) is 42.4. The Kier molecular flexibility index (Phi) is 40.5. The minimum Gasteiger partial charge on any atom is -0.480 e. The number of carbonyl (C=O) groups is 3. The Balaban J connectivity index is 4.45. The lowest BCUT2D eigenvalue weighted by Crippen LogP contribution is -2.34. The molecule has 0 spiro atoms. The van der Waals surface area contributed by atoms with Crippen molar-refractivity contribution in [2.24, 2.45) is 5.73 Å². The lowest BCUT2D eigenvalue weighted by Gasteiger charge is -2.20. The number of phosphoric ester groups is 1. The van der Waals surface area contributed by atoms with Crippen molar-refractivity contribution in [2.75, 3.05) is 19.8 Å². The Bertz CT molecular complexity index is 1280. The van der Waals surface area contributed by atoms with Gasteiger partial charge in [-0.15, -0.1) is 0 Å². The topological polar surface area (TPSA) is 192 Å². The van der Waals surface area contributed by atoms with Crippen molar-refractivity contribution in [3.05, 3.63) is 60.8 Å². The van der Waals surface area contributed by atoms with Crippen LogP contribution in [0.3, 0.4) is 0 Å². The van der Waals surface area contributed by atoms with Crippen LogP contribution in [0, 0.1) is 0 Å². The summed E-state index contributed by atoms with van der Waals surface area (Å²) in [6.07, 6.45) is 46.0. The fraction of sp³-hybridized carbons (Fsp3) is 0.729. The molecule has 0 saturated carbocycles. The van der Waals surface area contributed by atoms with Crippen molar-refractivity contribution < 1.29 is 52.6 Å². The van der Waals surface area contributed by atoms with Crippen LogP contribution in [0.15, 0.2) is 60.8 Å². The minimum atomic E-state index is -4.75. The molecule has 0 aliphatic rings. The molecule has 61 heavy (non-hydrogen) atoms. The minimum absolute atomic E-state index is 0.0493. The molecule has 0 aromatic carbocycles. The normalized spacial score (nSPS) is 14.7. The molecule has 0 fully saturated rings. The maximum absolute atomic E-state index is 12.6. The van der Waals surface area contributed by atoms with Gasteiger partial charge in [-0.25, -0.2) is 4.57 Å². The van der Waals surface area contributed by atoms with Crippen molar-refractivity contribution in [3.63, 3.8) is 0 Å². The van der Waals surface area contributed by atoms with Gasteiger partial charge in [-0.1, -0.05) is 164 Å². The van der Waals surface area contributed by atoms with Gasteiger partial charge in [0.05, 0.1) is 19.3 Å². The summed E-state index contributed by atoms with van der Waals surface area (Å²) in [6, 6.07) is -1.54. The van der Waals surface area contributed by atoms with Crippen LogP contribution in [-0.2, 0) is 37.5 Å². The van der Waals surface area contributed by atoms with Gasteiger partial charge < -0.3 is 30.3 Å². The zero-order valence-electron chi connectivity index (χ0n) is 37.9. The lowest BCUT2D eigenvalue weighted by atomic mass is 10.1. The zero-order chi connectivity index (χ0) is 45.1. The lowest BCUT2D eigenvalue weighted by molar-refractivity contribution is -0.161. The average molecular weight is 882 g/mol. The maximum Gasteiger partial charge on any atom is 0.472 e. The summed E-state index contributed by atoms with van der Waals surface area (Å²) in [5.41, 5.74) is 5.33. The van der Waals surface area contributed by atoms with Gasteiger partial charge in [-0.2, -0.15) is 0 Å². The summed E-state index contributed by atoms with van der Waals surface area (Å²) >= 11 is 0. The quantitative estimate of drug-likeness (QED) is 0.0149. The molecule has 0 saturated heterocycles. The van der Waals surface area contributed by atoms with Crippen molar-refractivity contribution >= 4 is 25.7 Å². The molecule has 0 radical (unpaired) electrons. The van der Waals surface area contributed by atoms with Gasteiger partial charge in [0.2, 0.25) is 0 Å². The van der Waals surface area contributed by atoms with Gasteiger partial charge in [-0.3, -0.25) is 23.4 Å². The predicted molar refractivity (Wildman–Crippen MR) is 246 cm³/mol. The van der Waals surface area contributed by atoms with E-state index in [-0.39, 0.29) is 19.4 Å². The van der Waals surface area contributed by atoms with E-state index >= 15 is 0 Å². The van der Waals surface area contributed by atoms with E-state index in [1.54, 1.807) is 6.08 Å². The van der Waals surface area contributed by atoms with E-state index in [1.165, 1.54) is 103 Å². The standard InChI is InChI=1S/C48H84NO11P/c1-3-5-7-9-11-12-13-14-15-16-17-18-19-20-21-22-26-30-34-38-46(51)57-40-44(41-58-61(55,56)59-42-45(49)48(53)54)60-47(52)39-35-31-27-23-25-29-33-37-43(50)36-32-28-24-10-8-6-4-2/h14-15,23-24,27-29,32-33,36,43-45,50H,3-13,16-22,25-26,30-31,34-35,37-42,49H2,1-2H3,(H,53,54)(H,55,56)/b15-14-,27-23+,28-24-,33-29-,36-32-/t43-,44+,45-/m0/s1. The van der Waals surface area contributed by atoms with E-state index in [1.807, 2.05) is 36.5 Å². The van der Waals surface area contributed by atoms with E-state index in [4.69, 9.17) is 24.8 Å². The number of carbonyl (C=O) groups excluding carboxylic acids is 2. The Labute approximate surface area is 369 Å². The van der Waals surface area contributed by atoms with Crippen LogP contribution in [0.5, 0.6) is 0 Å². The Morgan fingerprint density at radius 2 is 1.08 bits per heavy atom. The van der Waals surface area contributed by atoms with E-state index < -0.39 is 57.2 Å². The summed E-state index contributed by atoms with van der Waals surface area (Å²) in [6.45, 7) is 2.63. The molecule has 13 heteroatoms. The van der Waals surface area contributed by atoms with Crippen LogP contribution in [0.2, 0.25) is 0 Å². The molecule has 12 nitrogen and oxygen atoms in total. The largest absolute Gasteiger partial charge is 0.480 e. The van der Waals surface area contributed by atoms with Gasteiger partial charge in [0, 0.05) is 12.8 Å². The van der Waals surface area contributed by atoms with Crippen molar-refractivity contribution in [1.82, 2.24) is 0 Å². The first kappa shape index (κ1) is 58.1. The van der Waals surface area contributed by atoms with Crippen LogP contribution in [0.1, 0.15) is 187 Å². The third-order valence-electron chi connectivity index (χ3n) is 9.82. The molecule has 5 N–H and O–H groups in total. The number of nitrogens with two attached hydrogens (primary N) is 1. The SMILES string of the molecule is CCCCC/C=C\C=C/[C@H](O)C/C=C\C/C=C/CCCC(=O)O[C@H](COC(=O)CCCCCCCCCCC/C=C\CCCCCCCC)COP(=O)(O)OC[C@H](N)C(=O)O. The van der Waals surface area contributed by atoms with Crippen LogP contribution < -0.4 is 5.73 Å². The van der Waals surface area contributed by atoms with Crippen LogP contribution >= 0.6 is 7.82 Å². The number of ether oxygens (including phenoxy) is 2. The third-order valence-corrected chi connectivity index (χ3v) is 10.8. The van der Waals surface area contributed by atoms with Crippen molar-refractivity contribution in [2.45, 2.75) is 205 Å².